The van der Waals surface area contributed by atoms with Crippen LogP contribution in [0.5, 0.6) is 5.75 Å². The highest BCUT2D eigenvalue weighted by atomic mass is 16.5. The second kappa shape index (κ2) is 11.3. The third-order valence-electron chi connectivity index (χ3n) is 9.05. The first-order valence-corrected chi connectivity index (χ1v) is 15.5. The van der Waals surface area contributed by atoms with E-state index in [2.05, 4.69) is 20.9 Å². The first-order chi connectivity index (χ1) is 22.5. The van der Waals surface area contributed by atoms with Crippen molar-refractivity contribution in [3.63, 3.8) is 0 Å². The molecule has 3 aliphatic heterocycles. The van der Waals surface area contributed by atoms with E-state index in [-0.39, 0.29) is 41.4 Å². The van der Waals surface area contributed by atoms with Gasteiger partial charge in [-0.05, 0) is 35.1 Å². The number of carbonyl (C=O) groups is 3. The first-order valence-electron chi connectivity index (χ1n) is 15.5. The number of aliphatic hydroxyl groups is 1. The molecule has 2 aromatic heterocycles. The average Bonchev–Trinajstić information content (AvgIpc) is 3.83. The second-order valence-corrected chi connectivity index (χ2v) is 12.8. The number of amides is 2. The van der Waals surface area contributed by atoms with Crippen LogP contribution in [0, 0.1) is 11.8 Å². The Morgan fingerprint density at radius 2 is 1.87 bits per heavy atom. The molecule has 4 aromatic rings. The van der Waals surface area contributed by atoms with Crippen LogP contribution in [0.1, 0.15) is 72.6 Å². The van der Waals surface area contributed by atoms with Crippen molar-refractivity contribution in [1.29, 1.82) is 0 Å². The van der Waals surface area contributed by atoms with E-state index in [1.54, 1.807) is 13.8 Å². The number of benzene rings is 2. The number of methoxy groups -OCH3 is 1. The minimum absolute atomic E-state index is 0.0222. The summed E-state index contributed by atoms with van der Waals surface area (Å²) in [4.78, 5) is 48.6. The maximum absolute atomic E-state index is 13.9. The molecular weight excluding hydrogens is 606 g/mol. The van der Waals surface area contributed by atoms with Crippen LogP contribution in [-0.2, 0) is 26.2 Å². The number of rotatable bonds is 6. The number of aliphatic hydroxyl groups excluding tert-OH is 1. The molecule has 1 unspecified atom stereocenters. The molecule has 0 radical (unpaired) electrons. The molecule has 0 saturated heterocycles. The van der Waals surface area contributed by atoms with Crippen LogP contribution in [0.3, 0.4) is 0 Å². The highest BCUT2D eigenvalue weighted by Crippen LogP contribution is 2.59. The van der Waals surface area contributed by atoms with Crippen molar-refractivity contribution >= 4 is 23.5 Å². The Labute approximate surface area is 270 Å². The normalized spacial score (nSPS) is 23.1. The van der Waals surface area contributed by atoms with Crippen molar-refractivity contribution in [1.82, 2.24) is 20.6 Å². The summed E-state index contributed by atoms with van der Waals surface area (Å²) in [7, 11) is 1.25. The van der Waals surface area contributed by atoms with Crippen molar-refractivity contribution < 1.29 is 37.8 Å². The van der Waals surface area contributed by atoms with Gasteiger partial charge in [0.05, 0.1) is 7.11 Å². The van der Waals surface area contributed by atoms with E-state index in [4.69, 9.17) is 23.3 Å². The van der Waals surface area contributed by atoms with E-state index in [1.165, 1.54) is 13.4 Å². The van der Waals surface area contributed by atoms with Crippen molar-refractivity contribution in [3.8, 4) is 17.3 Å². The zero-order valence-electron chi connectivity index (χ0n) is 26.5. The van der Waals surface area contributed by atoms with Crippen LogP contribution in [0.2, 0.25) is 0 Å². The number of hydrogen-bond donors (Lipinski definition) is 4. The summed E-state index contributed by atoms with van der Waals surface area (Å²) in [6.45, 7) is 7.26. The molecule has 4 N–H and O–H groups in total. The summed E-state index contributed by atoms with van der Waals surface area (Å²) in [5.74, 6) is -1.23. The number of esters is 1. The fourth-order valence-electron chi connectivity index (χ4n) is 6.59. The van der Waals surface area contributed by atoms with Crippen molar-refractivity contribution in [2.75, 3.05) is 12.4 Å². The lowest BCUT2D eigenvalue weighted by Crippen LogP contribution is -2.52. The lowest BCUT2D eigenvalue weighted by Gasteiger charge is -2.29. The van der Waals surface area contributed by atoms with E-state index in [0.29, 0.717) is 11.5 Å². The van der Waals surface area contributed by atoms with E-state index < -0.39 is 47.6 Å². The molecule has 5 atom stereocenters. The smallest absolute Gasteiger partial charge is 0.360 e. The molecular formula is C34H35N5O8. The molecule has 244 valence electrons. The fraction of sp³-hybridized carbons (Fsp3) is 0.382. The number of nitrogens with one attached hydrogen (secondary N) is 3. The van der Waals surface area contributed by atoms with Crippen LogP contribution < -0.4 is 20.7 Å². The summed E-state index contributed by atoms with van der Waals surface area (Å²) >= 11 is 0. The van der Waals surface area contributed by atoms with E-state index in [1.807, 2.05) is 56.3 Å². The minimum Gasteiger partial charge on any atom is -0.469 e. The Morgan fingerprint density at radius 1 is 1.09 bits per heavy atom. The predicted octanol–water partition coefficient (Wildman–Crippen LogP) is 3.47. The molecule has 2 aromatic carbocycles. The van der Waals surface area contributed by atoms with Gasteiger partial charge in [0.1, 0.15) is 35.6 Å². The van der Waals surface area contributed by atoms with Gasteiger partial charge in [0, 0.05) is 17.7 Å². The van der Waals surface area contributed by atoms with Gasteiger partial charge in [-0.2, -0.15) is 0 Å². The summed E-state index contributed by atoms with van der Waals surface area (Å²) in [5, 5.41) is 19.8. The topological polar surface area (TPSA) is 178 Å². The van der Waals surface area contributed by atoms with Gasteiger partial charge in [-0.3, -0.25) is 9.59 Å². The monoisotopic (exact) mass is 641 g/mol. The molecule has 0 saturated carbocycles. The highest BCUT2D eigenvalue weighted by molar-refractivity contribution is 5.90. The number of ether oxygens (including phenoxy) is 2. The van der Waals surface area contributed by atoms with Crippen molar-refractivity contribution in [2.24, 2.45) is 11.8 Å². The highest BCUT2D eigenvalue weighted by Gasteiger charge is 2.61. The van der Waals surface area contributed by atoms with Gasteiger partial charge in [0.15, 0.2) is 23.4 Å². The molecule has 13 nitrogen and oxygen atoms in total. The minimum atomic E-state index is -1.30. The number of fused-ring (bicyclic) bond motifs is 4. The van der Waals surface area contributed by atoms with Gasteiger partial charge in [-0.1, -0.05) is 58.0 Å². The molecule has 47 heavy (non-hydrogen) atoms. The predicted molar refractivity (Wildman–Crippen MR) is 166 cm³/mol. The molecule has 2 amide bonds. The molecule has 7 rings (SSSR count). The van der Waals surface area contributed by atoms with Crippen molar-refractivity contribution in [2.45, 2.75) is 63.9 Å². The van der Waals surface area contributed by atoms with Gasteiger partial charge >= 0.3 is 5.97 Å². The van der Waals surface area contributed by atoms with Gasteiger partial charge < -0.3 is 39.4 Å². The molecule has 0 fully saturated rings. The Kier molecular flexibility index (Phi) is 7.31. The van der Waals surface area contributed by atoms with Gasteiger partial charge in [0.2, 0.25) is 23.6 Å². The Hall–Kier alpha value is -5.17. The quantitative estimate of drug-likeness (QED) is 0.227. The summed E-state index contributed by atoms with van der Waals surface area (Å²) in [6, 6.07) is 11.6. The lowest BCUT2D eigenvalue weighted by molar-refractivity contribution is -0.135. The van der Waals surface area contributed by atoms with Crippen LogP contribution in [0.15, 0.2) is 57.6 Å². The number of hydrogen-bond acceptors (Lipinski definition) is 11. The third-order valence-corrected chi connectivity index (χ3v) is 9.05. The Bertz CT molecular complexity index is 1900. The maximum atomic E-state index is 13.9. The SMILES string of the molecule is COC(=O)c1coc(-c2nc3oc2[C@@]24c5ccccc5NC2Oc2ccc(cc24)C[C@H](NC(=O)[C@@H](O)C(C)C)C(=O)N[C@H]3C(C)C)n1. The summed E-state index contributed by atoms with van der Waals surface area (Å²) in [5.41, 5.74) is 2.25. The lowest BCUT2D eigenvalue weighted by atomic mass is 9.72. The first kappa shape index (κ1) is 30.5. The third kappa shape index (κ3) is 4.75. The van der Waals surface area contributed by atoms with Crippen LogP contribution in [0.4, 0.5) is 5.69 Å². The molecule has 5 heterocycles. The van der Waals surface area contributed by atoms with E-state index in [0.717, 1.165) is 22.4 Å². The molecule has 13 heteroatoms. The standard InChI is InChI=1S/C34H35N5O8/c1-15(2)24-31-39-25(30-36-22(14-45-30)32(43)44-5)27(47-31)34-18-8-6-7-9-20(18)37-33(34)46-23-11-10-17(12-19(23)34)13-21(28(41)38-24)35-29(42)26(40)16(3)4/h6-12,14-16,21,24,26,33,37,40H,13H2,1-5H3,(H,35,42)(H,38,41)/t21-,24-,26-,33?,34-/m0/s1. The molecule has 4 bridgehead atoms. The Morgan fingerprint density at radius 3 is 2.62 bits per heavy atom. The van der Waals surface area contributed by atoms with Crippen LogP contribution in [0.25, 0.3) is 11.6 Å². The summed E-state index contributed by atoms with van der Waals surface area (Å²) < 4.78 is 24.0. The molecule has 1 spiro atoms. The zero-order valence-corrected chi connectivity index (χ0v) is 26.5. The number of carbonyl (C=O) groups excluding carboxylic acids is 3. The van der Waals surface area contributed by atoms with Crippen LogP contribution >= 0.6 is 0 Å². The van der Waals surface area contributed by atoms with Gasteiger partial charge in [-0.15, -0.1) is 0 Å². The van der Waals surface area contributed by atoms with E-state index in [9.17, 15) is 19.5 Å². The molecule has 0 aliphatic carbocycles. The molecule has 3 aliphatic rings. The fourth-order valence-corrected chi connectivity index (χ4v) is 6.59. The second-order valence-electron chi connectivity index (χ2n) is 12.8. The summed E-state index contributed by atoms with van der Waals surface area (Å²) in [6.07, 6.45) is -0.624. The van der Waals surface area contributed by atoms with Gasteiger partial charge in [0.25, 0.3) is 0 Å². The van der Waals surface area contributed by atoms with Crippen molar-refractivity contribution in [3.05, 3.63) is 82.8 Å². The van der Waals surface area contributed by atoms with E-state index >= 15 is 0 Å². The number of anilines is 1. The van der Waals surface area contributed by atoms with Crippen LogP contribution in [-0.4, -0.2) is 58.3 Å². The Balaban J connectivity index is 1.48. The average molecular weight is 642 g/mol. The number of aromatic nitrogens is 2. The maximum Gasteiger partial charge on any atom is 0.360 e. The number of oxazole rings is 2. The zero-order chi connectivity index (χ0) is 33.2. The largest absolute Gasteiger partial charge is 0.469 e. The van der Waals surface area contributed by atoms with Gasteiger partial charge in [-0.25, -0.2) is 14.8 Å². The number of nitrogens with zero attached hydrogens (tertiary/aromatic N) is 2. The number of para-hydroxylation sites is 1.